The molecule has 1 rings (SSSR count). The van der Waals surface area contributed by atoms with Gasteiger partial charge in [0, 0.05) is 6.85 Å². The lowest BCUT2D eigenvalue weighted by molar-refractivity contribution is 0.403. The minimum Gasteiger partial charge on any atom is -0.427 e. The predicted molar refractivity (Wildman–Crippen MR) is 23.2 cm³/mol. The lowest BCUT2D eigenvalue weighted by atomic mass is 9.84. The standard InChI is InChI=1S/C3H7BO2/c5-4(6)3-1-2-3/h3,5-6H,1-2H2/i1D2,2D2,3D. The number of hydrogen-bond acceptors (Lipinski definition) is 2. The van der Waals surface area contributed by atoms with Crippen LogP contribution in [0.4, 0.5) is 0 Å². The van der Waals surface area contributed by atoms with Crippen molar-refractivity contribution in [2.45, 2.75) is 18.5 Å². The first-order valence-corrected chi connectivity index (χ1v) is 1.56. The molecule has 2 N–H and O–H groups in total. The summed E-state index contributed by atoms with van der Waals surface area (Å²) in [6.45, 7) is 0. The second-order valence-electron chi connectivity index (χ2n) is 1.04. The van der Waals surface area contributed by atoms with Crippen molar-refractivity contribution in [2.24, 2.45) is 0 Å². The van der Waals surface area contributed by atoms with E-state index in [2.05, 4.69) is 0 Å². The highest BCUT2D eigenvalue weighted by Crippen LogP contribution is 2.36. The van der Waals surface area contributed by atoms with Gasteiger partial charge in [-0.15, -0.1) is 0 Å². The minimum absolute atomic E-state index is 2.28. The van der Waals surface area contributed by atoms with E-state index < -0.39 is 25.7 Å². The second kappa shape index (κ2) is 1.24. The minimum atomic E-state index is -2.48. The topological polar surface area (TPSA) is 40.5 Å². The third-order valence-electron chi connectivity index (χ3n) is 0.528. The van der Waals surface area contributed by atoms with Gasteiger partial charge >= 0.3 is 7.12 Å². The summed E-state index contributed by atoms with van der Waals surface area (Å²) >= 11 is 0. The van der Waals surface area contributed by atoms with Crippen LogP contribution in [0.25, 0.3) is 0 Å². The van der Waals surface area contributed by atoms with E-state index in [9.17, 15) is 0 Å². The predicted octanol–water partition coefficient (Wildman–Crippen LogP) is -0.377. The van der Waals surface area contributed by atoms with Crippen LogP contribution in [-0.4, -0.2) is 17.2 Å². The van der Waals surface area contributed by atoms with E-state index in [1.54, 1.807) is 0 Å². The molecule has 6 heavy (non-hydrogen) atoms. The second-order valence-corrected chi connectivity index (χ2v) is 1.04. The average molecular weight is 90.9 g/mol. The molecule has 0 atom stereocenters. The molecular formula is C3H7BO2. The summed E-state index contributed by atoms with van der Waals surface area (Å²) in [5.74, 6) is -2.43. The molecular weight excluding hydrogens is 78.8 g/mol. The van der Waals surface area contributed by atoms with Crippen LogP contribution in [0.3, 0.4) is 0 Å². The number of hydrogen-bond donors (Lipinski definition) is 2. The van der Waals surface area contributed by atoms with Crippen molar-refractivity contribution >= 4 is 7.12 Å². The van der Waals surface area contributed by atoms with Gasteiger partial charge in [-0.2, -0.15) is 0 Å². The van der Waals surface area contributed by atoms with Gasteiger partial charge in [0.25, 0.3) is 0 Å². The summed E-state index contributed by atoms with van der Waals surface area (Å²) < 4.78 is 34.7. The Morgan fingerprint density at radius 2 is 2.33 bits per heavy atom. The van der Waals surface area contributed by atoms with Crippen LogP contribution < -0.4 is 0 Å². The molecule has 0 aromatic heterocycles. The molecule has 34 valence electrons. The Kier molecular flexibility index (Phi) is 0.255. The summed E-state index contributed by atoms with van der Waals surface area (Å²) in [4.78, 5) is 0. The first-order valence-electron chi connectivity index (χ1n) is 4.06. The van der Waals surface area contributed by atoms with Gasteiger partial charge < -0.3 is 10.0 Å². The van der Waals surface area contributed by atoms with E-state index in [-0.39, 0.29) is 0 Å². The maximum absolute atomic E-state index is 8.51. The van der Waals surface area contributed by atoms with Gasteiger partial charge in [-0.25, -0.2) is 0 Å². The van der Waals surface area contributed by atoms with Crippen LogP contribution in [-0.2, 0) is 0 Å². The molecule has 0 saturated heterocycles. The normalized spacial score (nSPS) is 55.3. The molecule has 1 fully saturated rings. The summed E-state index contributed by atoms with van der Waals surface area (Å²) in [7, 11) is -2.28. The Morgan fingerprint density at radius 3 is 2.33 bits per heavy atom. The van der Waals surface area contributed by atoms with Gasteiger partial charge in [-0.05, 0) is 5.79 Å². The van der Waals surface area contributed by atoms with Crippen molar-refractivity contribution in [2.75, 3.05) is 0 Å². The lowest BCUT2D eigenvalue weighted by Gasteiger charge is -1.84. The van der Waals surface area contributed by atoms with E-state index >= 15 is 0 Å². The van der Waals surface area contributed by atoms with E-state index in [0.717, 1.165) is 0 Å². The molecule has 2 nitrogen and oxygen atoms in total. The first kappa shape index (κ1) is 1.23. The monoisotopic (exact) mass is 91.1 g/mol. The van der Waals surface area contributed by atoms with Crippen molar-refractivity contribution in [3.05, 3.63) is 0 Å². The molecule has 0 aliphatic heterocycles. The molecule has 0 radical (unpaired) electrons. The van der Waals surface area contributed by atoms with Crippen LogP contribution >= 0.6 is 0 Å². The van der Waals surface area contributed by atoms with Crippen molar-refractivity contribution < 1.29 is 16.9 Å². The summed E-state index contributed by atoms with van der Waals surface area (Å²) in [5.41, 5.74) is 0. The van der Waals surface area contributed by atoms with E-state index in [1.807, 2.05) is 0 Å². The van der Waals surface area contributed by atoms with Gasteiger partial charge in [0.05, 0.1) is 0 Å². The zero-order chi connectivity index (χ0) is 9.08. The van der Waals surface area contributed by atoms with Crippen molar-refractivity contribution in [3.8, 4) is 0 Å². The van der Waals surface area contributed by atoms with Crippen molar-refractivity contribution in [3.63, 3.8) is 0 Å². The van der Waals surface area contributed by atoms with Crippen LogP contribution in [0.5, 0.6) is 0 Å². The SMILES string of the molecule is [2H]C1([2H])C([2H])([2H])C1([2H])B(O)O. The molecule has 0 aromatic rings. The molecule has 0 heterocycles. The fourth-order valence-corrected chi connectivity index (χ4v) is 0.165. The fraction of sp³-hybridized carbons (Fsp3) is 1.00. The van der Waals surface area contributed by atoms with Gasteiger partial charge in [0.2, 0.25) is 0 Å². The van der Waals surface area contributed by atoms with Crippen LogP contribution in [0, 0.1) is 0 Å². The third-order valence-corrected chi connectivity index (χ3v) is 0.528. The van der Waals surface area contributed by atoms with Gasteiger partial charge in [-0.3, -0.25) is 0 Å². The molecule has 0 aromatic carbocycles. The van der Waals surface area contributed by atoms with Gasteiger partial charge in [0.1, 0.15) is 0 Å². The number of rotatable bonds is 1. The van der Waals surface area contributed by atoms with E-state index in [0.29, 0.717) is 0 Å². The quantitative estimate of drug-likeness (QED) is 0.432. The Morgan fingerprint density at radius 1 is 1.83 bits per heavy atom. The average Bonchev–Trinajstić information content (AvgIpc) is 2.11. The van der Waals surface area contributed by atoms with Gasteiger partial charge in [0.15, 0.2) is 0 Å². The van der Waals surface area contributed by atoms with Crippen LogP contribution in [0.2, 0.25) is 5.79 Å². The smallest absolute Gasteiger partial charge is 0.427 e. The van der Waals surface area contributed by atoms with Crippen LogP contribution in [0.15, 0.2) is 0 Å². The van der Waals surface area contributed by atoms with Crippen molar-refractivity contribution in [1.29, 1.82) is 0 Å². The lowest BCUT2D eigenvalue weighted by Crippen LogP contribution is -2.09. The molecule has 1 aliphatic carbocycles. The Labute approximate surface area is 44.0 Å². The summed E-state index contributed by atoms with van der Waals surface area (Å²) in [6.07, 6.45) is -4.96. The Balaban J connectivity index is 2.96. The molecule has 0 spiro atoms. The highest BCUT2D eigenvalue weighted by molar-refractivity contribution is 6.44. The fourth-order valence-electron chi connectivity index (χ4n) is 0.165. The van der Waals surface area contributed by atoms with Crippen LogP contribution in [0.1, 0.15) is 19.6 Å². The zero-order valence-corrected chi connectivity index (χ0v) is 2.97. The summed E-state index contributed by atoms with van der Waals surface area (Å²) in [5, 5.41) is 17.0. The van der Waals surface area contributed by atoms with Crippen molar-refractivity contribution in [1.82, 2.24) is 0 Å². The molecule has 0 amide bonds. The largest absolute Gasteiger partial charge is 0.454 e. The van der Waals surface area contributed by atoms with Gasteiger partial charge in [-0.1, -0.05) is 12.7 Å². The highest BCUT2D eigenvalue weighted by Gasteiger charge is 2.33. The molecule has 3 heteroatoms. The maximum Gasteiger partial charge on any atom is 0.454 e. The first-order chi connectivity index (χ1) is 4.69. The molecule has 1 aliphatic rings. The third kappa shape index (κ3) is 0.728. The van der Waals surface area contributed by atoms with E-state index in [1.165, 1.54) is 0 Å². The Bertz CT molecular complexity index is 178. The molecule has 0 unspecified atom stereocenters. The zero-order valence-electron chi connectivity index (χ0n) is 7.97. The maximum atomic E-state index is 8.51. The summed E-state index contributed by atoms with van der Waals surface area (Å²) in [6, 6.07) is 0. The van der Waals surface area contributed by atoms with E-state index in [4.69, 9.17) is 16.9 Å². The Hall–Kier alpha value is -0.0151. The molecule has 0 bridgehead atoms. The highest BCUT2D eigenvalue weighted by atomic mass is 16.4. The molecule has 1 saturated carbocycles.